The summed E-state index contributed by atoms with van der Waals surface area (Å²) in [5.74, 6) is 1.33. The summed E-state index contributed by atoms with van der Waals surface area (Å²) in [5.41, 5.74) is 0. The summed E-state index contributed by atoms with van der Waals surface area (Å²) >= 11 is 1.97. The average molecular weight is 244 g/mol. The van der Waals surface area contributed by atoms with Gasteiger partial charge in [0.05, 0.1) is 0 Å². The number of nitrogens with zero attached hydrogens (tertiary/aromatic N) is 1. The van der Waals surface area contributed by atoms with E-state index in [4.69, 9.17) is 0 Å². The van der Waals surface area contributed by atoms with Gasteiger partial charge in [0.15, 0.2) is 0 Å². The van der Waals surface area contributed by atoms with Crippen molar-refractivity contribution in [1.29, 1.82) is 0 Å². The van der Waals surface area contributed by atoms with Crippen LogP contribution >= 0.6 is 11.8 Å². The third-order valence-electron chi connectivity index (χ3n) is 3.28. The van der Waals surface area contributed by atoms with Crippen LogP contribution in [-0.2, 0) is 0 Å². The topological polar surface area (TPSA) is 15.3 Å². The van der Waals surface area contributed by atoms with Crippen molar-refractivity contribution < 1.29 is 0 Å². The maximum absolute atomic E-state index is 3.63. The molecule has 1 fully saturated rings. The first-order valence-electron chi connectivity index (χ1n) is 6.81. The van der Waals surface area contributed by atoms with Gasteiger partial charge in [-0.3, -0.25) is 0 Å². The molecule has 1 aliphatic rings. The molecule has 1 aliphatic heterocycles. The number of hydrogen-bond donors (Lipinski definition) is 1. The molecule has 1 atom stereocenters. The van der Waals surface area contributed by atoms with Gasteiger partial charge < -0.3 is 10.2 Å². The Morgan fingerprint density at radius 3 is 2.94 bits per heavy atom. The lowest BCUT2D eigenvalue weighted by atomic mass is 10.2. The van der Waals surface area contributed by atoms with Crippen LogP contribution in [0.1, 0.15) is 39.0 Å². The van der Waals surface area contributed by atoms with E-state index in [9.17, 15) is 0 Å². The number of rotatable bonds is 9. The highest BCUT2D eigenvalue weighted by Crippen LogP contribution is 2.11. The molecule has 0 aromatic heterocycles. The zero-order valence-electron chi connectivity index (χ0n) is 11.0. The van der Waals surface area contributed by atoms with Crippen LogP contribution in [0.2, 0.25) is 0 Å². The fourth-order valence-electron chi connectivity index (χ4n) is 2.31. The third-order valence-corrected chi connectivity index (χ3v) is 3.98. The molecule has 16 heavy (non-hydrogen) atoms. The van der Waals surface area contributed by atoms with Gasteiger partial charge in [-0.2, -0.15) is 11.8 Å². The van der Waals surface area contributed by atoms with Crippen molar-refractivity contribution in [3.63, 3.8) is 0 Å². The maximum Gasteiger partial charge on any atom is 0.0207 e. The second-order valence-electron chi connectivity index (χ2n) is 4.79. The van der Waals surface area contributed by atoms with Crippen molar-refractivity contribution in [2.45, 2.75) is 45.1 Å². The van der Waals surface area contributed by atoms with Crippen molar-refractivity contribution in [2.24, 2.45) is 0 Å². The van der Waals surface area contributed by atoms with E-state index in [0.717, 1.165) is 6.04 Å². The second-order valence-corrected chi connectivity index (χ2v) is 5.78. The van der Waals surface area contributed by atoms with Gasteiger partial charge in [-0.15, -0.1) is 0 Å². The van der Waals surface area contributed by atoms with Crippen LogP contribution in [0.25, 0.3) is 0 Å². The summed E-state index contributed by atoms with van der Waals surface area (Å²) in [6.45, 7) is 7.34. The third kappa shape index (κ3) is 6.12. The van der Waals surface area contributed by atoms with Crippen LogP contribution in [0.5, 0.6) is 0 Å². The lowest BCUT2D eigenvalue weighted by Crippen LogP contribution is -2.33. The summed E-state index contributed by atoms with van der Waals surface area (Å²) < 4.78 is 0. The minimum atomic E-state index is 0.770. The Morgan fingerprint density at radius 2 is 2.19 bits per heavy atom. The zero-order chi connectivity index (χ0) is 11.6. The molecule has 1 saturated heterocycles. The van der Waals surface area contributed by atoms with Crippen LogP contribution in [0.15, 0.2) is 0 Å². The summed E-state index contributed by atoms with van der Waals surface area (Å²) in [5, 5.41) is 3.63. The minimum Gasteiger partial charge on any atom is -0.313 e. The molecule has 0 aromatic rings. The normalized spacial score (nSPS) is 21.8. The van der Waals surface area contributed by atoms with Crippen LogP contribution in [-0.4, -0.2) is 49.1 Å². The molecule has 0 amide bonds. The second kappa shape index (κ2) is 9.32. The Bertz CT molecular complexity index is 164. The fourth-order valence-corrected chi connectivity index (χ4v) is 2.80. The van der Waals surface area contributed by atoms with E-state index in [1.54, 1.807) is 0 Å². The van der Waals surface area contributed by atoms with E-state index in [1.165, 1.54) is 64.0 Å². The molecule has 0 saturated carbocycles. The maximum atomic E-state index is 3.63. The Morgan fingerprint density at radius 1 is 1.31 bits per heavy atom. The number of thioether (sulfide) groups is 1. The van der Waals surface area contributed by atoms with Gasteiger partial charge in [0.1, 0.15) is 0 Å². The molecule has 96 valence electrons. The van der Waals surface area contributed by atoms with E-state index in [2.05, 4.69) is 23.4 Å². The van der Waals surface area contributed by atoms with E-state index < -0.39 is 0 Å². The van der Waals surface area contributed by atoms with Gasteiger partial charge in [0.2, 0.25) is 0 Å². The Labute approximate surface area is 106 Å². The Balaban J connectivity index is 1.94. The first kappa shape index (κ1) is 14.3. The summed E-state index contributed by atoms with van der Waals surface area (Å²) in [4.78, 5) is 2.63. The van der Waals surface area contributed by atoms with Crippen LogP contribution in [0, 0.1) is 0 Å². The molecule has 3 heteroatoms. The lowest BCUT2D eigenvalue weighted by molar-refractivity contribution is 0.319. The quantitative estimate of drug-likeness (QED) is 0.628. The minimum absolute atomic E-state index is 0.770. The molecule has 0 aliphatic carbocycles. The summed E-state index contributed by atoms with van der Waals surface area (Å²) in [7, 11) is 0. The molecule has 1 heterocycles. The standard InChI is InChI=1S/C13H28N2S/c1-3-8-14-13-7-10-15(12-13)9-5-4-6-11-16-2/h13-14H,3-12H2,1-2H3. The van der Waals surface area contributed by atoms with E-state index >= 15 is 0 Å². The summed E-state index contributed by atoms with van der Waals surface area (Å²) in [6.07, 6.45) is 9.00. The molecule has 2 nitrogen and oxygen atoms in total. The van der Waals surface area contributed by atoms with Gasteiger partial charge in [-0.1, -0.05) is 13.3 Å². The predicted molar refractivity (Wildman–Crippen MR) is 75.4 cm³/mol. The average Bonchev–Trinajstić information content (AvgIpc) is 2.74. The lowest BCUT2D eigenvalue weighted by Gasteiger charge is -2.16. The van der Waals surface area contributed by atoms with Crippen molar-refractivity contribution in [1.82, 2.24) is 10.2 Å². The predicted octanol–water partition coefficient (Wildman–Crippen LogP) is 2.59. The van der Waals surface area contributed by atoms with Crippen LogP contribution in [0.3, 0.4) is 0 Å². The van der Waals surface area contributed by atoms with Crippen LogP contribution in [0.4, 0.5) is 0 Å². The SMILES string of the molecule is CCCNC1CCN(CCCCCSC)C1. The highest BCUT2D eigenvalue weighted by atomic mass is 32.2. The molecule has 1 rings (SSSR count). The van der Waals surface area contributed by atoms with Crippen LogP contribution < -0.4 is 5.32 Å². The number of unbranched alkanes of at least 4 members (excludes halogenated alkanes) is 2. The van der Waals surface area contributed by atoms with E-state index in [-0.39, 0.29) is 0 Å². The monoisotopic (exact) mass is 244 g/mol. The Kier molecular flexibility index (Phi) is 8.34. The fraction of sp³-hybridized carbons (Fsp3) is 1.00. The van der Waals surface area contributed by atoms with Crippen molar-refractivity contribution in [3.05, 3.63) is 0 Å². The first-order chi connectivity index (χ1) is 7.86. The van der Waals surface area contributed by atoms with Gasteiger partial charge in [0, 0.05) is 12.6 Å². The number of hydrogen-bond acceptors (Lipinski definition) is 3. The summed E-state index contributed by atoms with van der Waals surface area (Å²) in [6, 6.07) is 0.770. The molecule has 0 aromatic carbocycles. The van der Waals surface area contributed by atoms with Gasteiger partial charge in [0.25, 0.3) is 0 Å². The highest BCUT2D eigenvalue weighted by Gasteiger charge is 2.20. The van der Waals surface area contributed by atoms with E-state index in [1.807, 2.05) is 11.8 Å². The van der Waals surface area contributed by atoms with Crippen molar-refractivity contribution in [2.75, 3.05) is 38.2 Å². The van der Waals surface area contributed by atoms with Gasteiger partial charge in [-0.25, -0.2) is 0 Å². The van der Waals surface area contributed by atoms with Gasteiger partial charge >= 0.3 is 0 Å². The largest absolute Gasteiger partial charge is 0.313 e. The zero-order valence-corrected chi connectivity index (χ0v) is 11.8. The molecular formula is C13H28N2S. The molecule has 0 spiro atoms. The first-order valence-corrected chi connectivity index (χ1v) is 8.21. The molecule has 1 N–H and O–H groups in total. The smallest absolute Gasteiger partial charge is 0.0207 e. The molecule has 0 bridgehead atoms. The number of nitrogens with one attached hydrogen (secondary N) is 1. The van der Waals surface area contributed by atoms with Crippen molar-refractivity contribution >= 4 is 11.8 Å². The van der Waals surface area contributed by atoms with Gasteiger partial charge in [-0.05, 0) is 57.3 Å². The molecular weight excluding hydrogens is 216 g/mol. The highest BCUT2D eigenvalue weighted by molar-refractivity contribution is 7.98. The Hall–Kier alpha value is 0.270. The van der Waals surface area contributed by atoms with Crippen molar-refractivity contribution in [3.8, 4) is 0 Å². The number of likely N-dealkylation sites (tertiary alicyclic amines) is 1. The molecule has 1 unspecified atom stereocenters. The van der Waals surface area contributed by atoms with E-state index in [0.29, 0.717) is 0 Å². The molecule has 0 radical (unpaired) electrons.